The van der Waals surface area contributed by atoms with Gasteiger partial charge in [-0.05, 0) is 30.5 Å². The third-order valence-corrected chi connectivity index (χ3v) is 3.03. The van der Waals surface area contributed by atoms with E-state index in [1.54, 1.807) is 12.4 Å². The number of urea groups is 1. The predicted molar refractivity (Wildman–Crippen MR) is 75.3 cm³/mol. The molecule has 1 unspecified atom stereocenters. The van der Waals surface area contributed by atoms with Crippen molar-refractivity contribution in [2.75, 3.05) is 0 Å². The van der Waals surface area contributed by atoms with Crippen molar-refractivity contribution in [3.63, 3.8) is 0 Å². The molecule has 0 fully saturated rings. The highest BCUT2D eigenvalue weighted by molar-refractivity contribution is 5.82. The number of hydrogen-bond donors (Lipinski definition) is 3. The van der Waals surface area contributed by atoms with Crippen molar-refractivity contribution in [3.8, 4) is 0 Å². The van der Waals surface area contributed by atoms with Crippen LogP contribution < -0.4 is 10.6 Å². The predicted octanol–water partition coefficient (Wildman–Crippen LogP) is 1.83. The molecule has 6 nitrogen and oxygen atoms in total. The van der Waals surface area contributed by atoms with Crippen LogP contribution in [0.1, 0.15) is 37.3 Å². The monoisotopic (exact) mass is 279 g/mol. The summed E-state index contributed by atoms with van der Waals surface area (Å²) in [6.45, 7) is 4.23. The lowest BCUT2D eigenvalue weighted by molar-refractivity contribution is -0.139. The molecule has 110 valence electrons. The fraction of sp³-hybridized carbons (Fsp3) is 0.500. The smallest absolute Gasteiger partial charge is 0.326 e. The molecule has 1 aromatic heterocycles. The van der Waals surface area contributed by atoms with Crippen molar-refractivity contribution in [2.24, 2.45) is 0 Å². The van der Waals surface area contributed by atoms with Crippen molar-refractivity contribution < 1.29 is 14.7 Å². The second kappa shape index (κ2) is 8.14. The molecule has 0 saturated heterocycles. The van der Waals surface area contributed by atoms with E-state index in [1.807, 2.05) is 19.9 Å². The number of pyridine rings is 1. The van der Waals surface area contributed by atoms with Crippen molar-refractivity contribution in [1.29, 1.82) is 0 Å². The van der Waals surface area contributed by atoms with E-state index < -0.39 is 18.0 Å². The first-order chi connectivity index (χ1) is 9.54. The molecule has 0 saturated carbocycles. The Morgan fingerprint density at radius 3 is 2.80 bits per heavy atom. The SMILES string of the molecule is CCCCC(NC(=O)NCc1ccncc1C)C(=O)O. The lowest BCUT2D eigenvalue weighted by Gasteiger charge is -2.15. The second-order valence-electron chi connectivity index (χ2n) is 4.66. The number of carboxylic acids is 1. The number of hydrogen-bond acceptors (Lipinski definition) is 3. The lowest BCUT2D eigenvalue weighted by Crippen LogP contribution is -2.45. The molecular formula is C14H21N3O3. The molecule has 1 heterocycles. The molecule has 20 heavy (non-hydrogen) atoms. The van der Waals surface area contributed by atoms with Gasteiger partial charge in [0.15, 0.2) is 0 Å². The highest BCUT2D eigenvalue weighted by atomic mass is 16.4. The Balaban J connectivity index is 2.46. The van der Waals surface area contributed by atoms with Gasteiger partial charge in [0.05, 0.1) is 0 Å². The number of carbonyl (C=O) groups is 2. The molecular weight excluding hydrogens is 258 g/mol. The number of nitrogens with one attached hydrogen (secondary N) is 2. The summed E-state index contributed by atoms with van der Waals surface area (Å²) >= 11 is 0. The second-order valence-corrected chi connectivity index (χ2v) is 4.66. The molecule has 0 radical (unpaired) electrons. The van der Waals surface area contributed by atoms with Crippen molar-refractivity contribution in [1.82, 2.24) is 15.6 Å². The molecule has 0 aliphatic carbocycles. The molecule has 0 spiro atoms. The van der Waals surface area contributed by atoms with Gasteiger partial charge in [-0.2, -0.15) is 0 Å². The number of carbonyl (C=O) groups excluding carboxylic acids is 1. The van der Waals surface area contributed by atoms with E-state index in [-0.39, 0.29) is 0 Å². The molecule has 1 rings (SSSR count). The number of nitrogens with zero attached hydrogens (tertiary/aromatic N) is 1. The minimum atomic E-state index is -1.01. The minimum absolute atomic E-state index is 0.348. The van der Waals surface area contributed by atoms with Crippen LogP contribution in [0.2, 0.25) is 0 Å². The van der Waals surface area contributed by atoms with Crippen LogP contribution >= 0.6 is 0 Å². The van der Waals surface area contributed by atoms with E-state index in [4.69, 9.17) is 5.11 Å². The summed E-state index contributed by atoms with van der Waals surface area (Å²) in [5.74, 6) is -1.01. The van der Waals surface area contributed by atoms with E-state index in [9.17, 15) is 9.59 Å². The zero-order chi connectivity index (χ0) is 15.0. The topological polar surface area (TPSA) is 91.3 Å². The van der Waals surface area contributed by atoms with Gasteiger partial charge in [0.2, 0.25) is 0 Å². The fourth-order valence-electron chi connectivity index (χ4n) is 1.75. The molecule has 3 N–H and O–H groups in total. The molecule has 0 bridgehead atoms. The van der Waals surface area contributed by atoms with Crippen LogP contribution in [0.5, 0.6) is 0 Å². The van der Waals surface area contributed by atoms with E-state index in [2.05, 4.69) is 15.6 Å². The maximum absolute atomic E-state index is 11.7. The molecule has 0 aliphatic rings. The first-order valence-corrected chi connectivity index (χ1v) is 6.71. The van der Waals surface area contributed by atoms with Crippen LogP contribution in [0.4, 0.5) is 4.79 Å². The Morgan fingerprint density at radius 1 is 1.45 bits per heavy atom. The molecule has 1 atom stereocenters. The largest absolute Gasteiger partial charge is 0.480 e. The quantitative estimate of drug-likeness (QED) is 0.710. The van der Waals surface area contributed by atoms with Crippen LogP contribution in [0.25, 0.3) is 0 Å². The molecule has 2 amide bonds. The molecule has 6 heteroatoms. The zero-order valence-corrected chi connectivity index (χ0v) is 11.8. The van der Waals surface area contributed by atoms with Gasteiger partial charge in [-0.25, -0.2) is 9.59 Å². The summed E-state index contributed by atoms with van der Waals surface area (Å²) in [6, 6.07) is 0.514. The average Bonchev–Trinajstić information content (AvgIpc) is 2.42. The lowest BCUT2D eigenvalue weighted by atomic mass is 10.1. The maximum Gasteiger partial charge on any atom is 0.326 e. The number of carboxylic acid groups (broad SMARTS) is 1. The van der Waals surface area contributed by atoms with E-state index >= 15 is 0 Å². The summed E-state index contributed by atoms with van der Waals surface area (Å²) in [7, 11) is 0. The van der Waals surface area contributed by atoms with E-state index in [0.717, 1.165) is 24.0 Å². The number of aliphatic carboxylic acids is 1. The third-order valence-electron chi connectivity index (χ3n) is 3.03. The van der Waals surface area contributed by atoms with Crippen LogP contribution in [-0.4, -0.2) is 28.1 Å². The Bertz CT molecular complexity index is 463. The molecule has 0 aliphatic heterocycles. The van der Waals surface area contributed by atoms with Gasteiger partial charge in [0, 0.05) is 18.9 Å². The summed E-state index contributed by atoms with van der Waals surface area (Å²) in [5, 5.41) is 14.2. The Morgan fingerprint density at radius 2 is 2.20 bits per heavy atom. The normalized spacial score (nSPS) is 11.7. The van der Waals surface area contributed by atoms with E-state index in [1.165, 1.54) is 0 Å². The van der Waals surface area contributed by atoms with E-state index in [0.29, 0.717) is 13.0 Å². The summed E-state index contributed by atoms with van der Waals surface area (Å²) in [4.78, 5) is 26.7. The minimum Gasteiger partial charge on any atom is -0.480 e. The Kier molecular flexibility index (Phi) is 6.49. The Labute approximate surface area is 118 Å². The zero-order valence-electron chi connectivity index (χ0n) is 11.8. The highest BCUT2D eigenvalue weighted by Gasteiger charge is 2.18. The summed E-state index contributed by atoms with van der Waals surface area (Å²) < 4.78 is 0. The van der Waals surface area contributed by atoms with Gasteiger partial charge < -0.3 is 15.7 Å². The van der Waals surface area contributed by atoms with Gasteiger partial charge in [0.25, 0.3) is 0 Å². The van der Waals surface area contributed by atoms with Crippen molar-refractivity contribution >= 4 is 12.0 Å². The Hall–Kier alpha value is -2.11. The van der Waals surface area contributed by atoms with Crippen LogP contribution in [-0.2, 0) is 11.3 Å². The van der Waals surface area contributed by atoms with Crippen molar-refractivity contribution in [2.45, 2.75) is 45.7 Å². The van der Waals surface area contributed by atoms with Gasteiger partial charge in [-0.3, -0.25) is 4.98 Å². The number of unbranched alkanes of at least 4 members (excludes halogenated alkanes) is 1. The van der Waals surface area contributed by atoms with Gasteiger partial charge in [-0.15, -0.1) is 0 Å². The fourth-order valence-corrected chi connectivity index (χ4v) is 1.75. The number of rotatable bonds is 7. The summed E-state index contributed by atoms with van der Waals surface area (Å²) in [5.41, 5.74) is 1.93. The maximum atomic E-state index is 11.7. The standard InChI is InChI=1S/C14H21N3O3/c1-3-4-5-12(13(18)19)17-14(20)16-9-11-6-7-15-8-10(11)2/h6-8,12H,3-5,9H2,1-2H3,(H,18,19)(H2,16,17,20). The first kappa shape index (κ1) is 15.9. The van der Waals surface area contributed by atoms with Gasteiger partial charge >= 0.3 is 12.0 Å². The number of aryl methyl sites for hydroxylation is 1. The average molecular weight is 279 g/mol. The van der Waals surface area contributed by atoms with Crippen LogP contribution in [0, 0.1) is 6.92 Å². The van der Waals surface area contributed by atoms with Crippen molar-refractivity contribution in [3.05, 3.63) is 29.6 Å². The number of amides is 2. The highest BCUT2D eigenvalue weighted by Crippen LogP contribution is 2.04. The first-order valence-electron chi connectivity index (χ1n) is 6.71. The molecule has 1 aromatic rings. The van der Waals surface area contributed by atoms with Crippen LogP contribution in [0.15, 0.2) is 18.5 Å². The number of aromatic nitrogens is 1. The third kappa shape index (κ3) is 5.26. The van der Waals surface area contributed by atoms with Gasteiger partial charge in [-0.1, -0.05) is 19.8 Å². The van der Waals surface area contributed by atoms with Gasteiger partial charge in [0.1, 0.15) is 6.04 Å². The van der Waals surface area contributed by atoms with Crippen LogP contribution in [0.3, 0.4) is 0 Å². The summed E-state index contributed by atoms with van der Waals surface area (Å²) in [6.07, 6.45) is 5.47. The molecule has 0 aromatic carbocycles.